The molecule has 15 heavy (non-hydrogen) atoms. The van der Waals surface area contributed by atoms with Gasteiger partial charge in [-0.1, -0.05) is 0 Å². The smallest absolute Gasteiger partial charge is 0.416 e. The molecule has 0 saturated heterocycles. The van der Waals surface area contributed by atoms with E-state index in [2.05, 4.69) is 4.74 Å². The van der Waals surface area contributed by atoms with Crippen molar-refractivity contribution in [1.82, 2.24) is 0 Å². The molecule has 6 heteroatoms. The van der Waals surface area contributed by atoms with E-state index in [0.29, 0.717) is 3.57 Å². The fourth-order valence-corrected chi connectivity index (χ4v) is 1.52. The number of rotatable bonds is 1. The summed E-state index contributed by atoms with van der Waals surface area (Å²) >= 11 is 1.78. The lowest BCUT2D eigenvalue weighted by Crippen LogP contribution is -2.10. The average Bonchev–Trinajstić information content (AvgIpc) is 2.15. The van der Waals surface area contributed by atoms with Gasteiger partial charge in [-0.25, -0.2) is 4.79 Å². The fourth-order valence-electron chi connectivity index (χ4n) is 0.968. The van der Waals surface area contributed by atoms with Gasteiger partial charge in [-0.05, 0) is 40.8 Å². The number of halogens is 4. The Labute approximate surface area is 97.6 Å². The van der Waals surface area contributed by atoms with E-state index >= 15 is 0 Å². The first-order valence-electron chi connectivity index (χ1n) is 3.81. The van der Waals surface area contributed by atoms with E-state index in [0.717, 1.165) is 19.2 Å². The molecule has 0 saturated carbocycles. The summed E-state index contributed by atoms with van der Waals surface area (Å²) in [6, 6.07) is 2.94. The number of alkyl halides is 3. The summed E-state index contributed by atoms with van der Waals surface area (Å²) in [6.07, 6.45) is -4.45. The third-order valence-electron chi connectivity index (χ3n) is 1.70. The maximum absolute atomic E-state index is 12.3. The minimum absolute atomic E-state index is 0.0760. The molecule has 82 valence electrons. The van der Waals surface area contributed by atoms with Crippen molar-refractivity contribution in [2.45, 2.75) is 6.18 Å². The second-order valence-electron chi connectivity index (χ2n) is 2.68. The second kappa shape index (κ2) is 4.38. The van der Waals surface area contributed by atoms with Gasteiger partial charge in [-0.2, -0.15) is 13.2 Å². The zero-order valence-corrected chi connectivity index (χ0v) is 9.72. The quantitative estimate of drug-likeness (QED) is 0.584. The molecule has 0 fully saturated rings. The van der Waals surface area contributed by atoms with Crippen LogP contribution in [0.25, 0.3) is 0 Å². The molecule has 1 aromatic rings. The first-order chi connectivity index (χ1) is 6.86. The number of methoxy groups -OCH3 is 1. The molecule has 1 aromatic carbocycles. The van der Waals surface area contributed by atoms with E-state index in [-0.39, 0.29) is 5.56 Å². The maximum Gasteiger partial charge on any atom is 0.416 e. The van der Waals surface area contributed by atoms with E-state index in [9.17, 15) is 18.0 Å². The van der Waals surface area contributed by atoms with Gasteiger partial charge in [0.2, 0.25) is 0 Å². The number of hydrogen-bond acceptors (Lipinski definition) is 2. The topological polar surface area (TPSA) is 26.3 Å². The predicted octanol–water partition coefficient (Wildman–Crippen LogP) is 3.10. The molecule has 0 radical (unpaired) electrons. The Kier molecular flexibility index (Phi) is 3.58. The average molecular weight is 330 g/mol. The van der Waals surface area contributed by atoms with E-state index in [1.165, 1.54) is 6.07 Å². The predicted molar refractivity (Wildman–Crippen MR) is 55.5 cm³/mol. The van der Waals surface area contributed by atoms with Crippen molar-refractivity contribution in [1.29, 1.82) is 0 Å². The fraction of sp³-hybridized carbons (Fsp3) is 0.222. The van der Waals surface area contributed by atoms with Gasteiger partial charge in [0.25, 0.3) is 0 Å². The Morgan fingerprint density at radius 2 is 2.00 bits per heavy atom. The van der Waals surface area contributed by atoms with Crippen molar-refractivity contribution in [3.8, 4) is 0 Å². The molecule has 0 atom stereocenters. The highest BCUT2D eigenvalue weighted by atomic mass is 127. The van der Waals surface area contributed by atoms with Crippen LogP contribution in [-0.4, -0.2) is 13.1 Å². The largest absolute Gasteiger partial charge is 0.465 e. The molecule has 0 aromatic heterocycles. The molecule has 0 unspecified atom stereocenters. The Morgan fingerprint density at radius 3 is 2.47 bits per heavy atom. The van der Waals surface area contributed by atoms with Gasteiger partial charge in [0, 0.05) is 3.57 Å². The van der Waals surface area contributed by atoms with Crippen LogP contribution >= 0.6 is 22.6 Å². The molecule has 0 aliphatic carbocycles. The molecule has 0 aliphatic heterocycles. The number of carbonyl (C=O) groups excluding carboxylic acids is 1. The molecule has 0 bridgehead atoms. The summed E-state index contributed by atoms with van der Waals surface area (Å²) in [5, 5.41) is 0. The van der Waals surface area contributed by atoms with Crippen molar-refractivity contribution >= 4 is 28.6 Å². The van der Waals surface area contributed by atoms with E-state index in [4.69, 9.17) is 0 Å². The van der Waals surface area contributed by atoms with Crippen LogP contribution in [0.1, 0.15) is 15.9 Å². The molecular weight excluding hydrogens is 324 g/mol. The SMILES string of the molecule is COC(=O)c1cc(C(F)(F)F)ccc1I. The van der Waals surface area contributed by atoms with Gasteiger partial charge in [0.1, 0.15) is 0 Å². The van der Waals surface area contributed by atoms with E-state index < -0.39 is 17.7 Å². The van der Waals surface area contributed by atoms with Crippen molar-refractivity contribution < 1.29 is 22.7 Å². The lowest BCUT2D eigenvalue weighted by atomic mass is 10.1. The van der Waals surface area contributed by atoms with Crippen LogP contribution < -0.4 is 0 Å². The molecule has 0 amide bonds. The van der Waals surface area contributed by atoms with Gasteiger partial charge in [0.15, 0.2) is 0 Å². The first kappa shape index (κ1) is 12.3. The minimum Gasteiger partial charge on any atom is -0.465 e. The van der Waals surface area contributed by atoms with Crippen LogP contribution in [-0.2, 0) is 10.9 Å². The monoisotopic (exact) mass is 330 g/mol. The highest BCUT2D eigenvalue weighted by Crippen LogP contribution is 2.31. The van der Waals surface area contributed by atoms with Crippen LogP contribution in [0.5, 0.6) is 0 Å². The van der Waals surface area contributed by atoms with Crippen molar-refractivity contribution in [2.75, 3.05) is 7.11 Å². The second-order valence-corrected chi connectivity index (χ2v) is 3.85. The molecule has 0 spiro atoms. The summed E-state index contributed by atoms with van der Waals surface area (Å²) in [7, 11) is 1.12. The molecule has 1 rings (SSSR count). The highest BCUT2D eigenvalue weighted by Gasteiger charge is 2.31. The van der Waals surface area contributed by atoms with Gasteiger partial charge < -0.3 is 4.74 Å². The van der Waals surface area contributed by atoms with Crippen LogP contribution in [0.3, 0.4) is 0 Å². The van der Waals surface area contributed by atoms with Crippen LogP contribution in [0.4, 0.5) is 13.2 Å². The first-order valence-corrected chi connectivity index (χ1v) is 4.89. The van der Waals surface area contributed by atoms with Crippen molar-refractivity contribution in [2.24, 2.45) is 0 Å². The molecular formula is C9H6F3IO2. The number of hydrogen-bond donors (Lipinski definition) is 0. The lowest BCUT2D eigenvalue weighted by molar-refractivity contribution is -0.137. The molecule has 0 aliphatic rings. The van der Waals surface area contributed by atoms with Crippen LogP contribution in [0, 0.1) is 3.57 Å². The van der Waals surface area contributed by atoms with E-state index in [1.807, 2.05) is 0 Å². The van der Waals surface area contributed by atoms with Gasteiger partial charge >= 0.3 is 12.1 Å². The number of ether oxygens (including phenoxy) is 1. The van der Waals surface area contributed by atoms with Gasteiger partial charge in [0.05, 0.1) is 18.2 Å². The molecule has 0 heterocycles. The molecule has 2 nitrogen and oxygen atoms in total. The summed E-state index contributed by atoms with van der Waals surface area (Å²) in [5.41, 5.74) is -0.934. The zero-order valence-electron chi connectivity index (χ0n) is 7.56. The number of carbonyl (C=O) groups is 1. The lowest BCUT2D eigenvalue weighted by Gasteiger charge is -2.09. The Balaban J connectivity index is 3.23. The third kappa shape index (κ3) is 2.83. The summed E-state index contributed by atoms with van der Waals surface area (Å²) < 4.78 is 41.7. The summed E-state index contributed by atoms with van der Waals surface area (Å²) in [4.78, 5) is 11.1. The number of esters is 1. The number of benzene rings is 1. The normalized spacial score (nSPS) is 11.3. The Bertz CT molecular complexity index is 387. The maximum atomic E-state index is 12.3. The summed E-state index contributed by atoms with van der Waals surface area (Å²) in [5.74, 6) is -0.773. The van der Waals surface area contributed by atoms with Crippen molar-refractivity contribution in [3.05, 3.63) is 32.9 Å². The van der Waals surface area contributed by atoms with Crippen molar-refractivity contribution in [3.63, 3.8) is 0 Å². The standard InChI is InChI=1S/C9H6F3IO2/c1-15-8(14)6-4-5(9(10,11)12)2-3-7(6)13/h2-4H,1H3. The van der Waals surface area contributed by atoms with Gasteiger partial charge in [-0.15, -0.1) is 0 Å². The molecule has 0 N–H and O–H groups in total. The Hall–Kier alpha value is -0.790. The van der Waals surface area contributed by atoms with Crippen LogP contribution in [0.15, 0.2) is 18.2 Å². The Morgan fingerprint density at radius 1 is 1.40 bits per heavy atom. The zero-order chi connectivity index (χ0) is 11.6. The van der Waals surface area contributed by atoms with Crippen LogP contribution in [0.2, 0.25) is 0 Å². The van der Waals surface area contributed by atoms with Gasteiger partial charge in [-0.3, -0.25) is 0 Å². The summed E-state index contributed by atoms with van der Waals surface area (Å²) in [6.45, 7) is 0. The van der Waals surface area contributed by atoms with E-state index in [1.54, 1.807) is 22.6 Å². The highest BCUT2D eigenvalue weighted by molar-refractivity contribution is 14.1. The minimum atomic E-state index is -4.45. The third-order valence-corrected chi connectivity index (χ3v) is 2.64.